The molecule has 0 radical (unpaired) electrons. The van der Waals surface area contributed by atoms with Gasteiger partial charge in [0.15, 0.2) is 0 Å². The summed E-state index contributed by atoms with van der Waals surface area (Å²) in [5.74, 6) is -0.378. The van der Waals surface area contributed by atoms with Crippen LogP contribution in [0.2, 0.25) is 0 Å². The first kappa shape index (κ1) is 17.3. The van der Waals surface area contributed by atoms with Crippen molar-refractivity contribution in [3.8, 4) is 0 Å². The Morgan fingerprint density at radius 1 is 1.39 bits per heavy atom. The number of amides is 3. The molecule has 1 aliphatic heterocycles. The largest absolute Gasteiger partial charge is 0.381 e. The molecule has 1 aromatic rings. The van der Waals surface area contributed by atoms with E-state index in [1.165, 1.54) is 0 Å². The van der Waals surface area contributed by atoms with Gasteiger partial charge in [0, 0.05) is 32.0 Å². The highest BCUT2D eigenvalue weighted by atomic mass is 16.5. The highest BCUT2D eigenvalue weighted by Gasteiger charge is 2.38. The molecular formula is C15H25N5O3. The first-order valence-electron chi connectivity index (χ1n) is 7.92. The van der Waals surface area contributed by atoms with E-state index in [1.54, 1.807) is 6.20 Å². The summed E-state index contributed by atoms with van der Waals surface area (Å²) in [6, 6.07) is -0.277. The van der Waals surface area contributed by atoms with Crippen LogP contribution in [0.25, 0.3) is 0 Å². The number of hydrogen-bond acceptors (Lipinski definition) is 4. The summed E-state index contributed by atoms with van der Waals surface area (Å²) in [6.45, 7) is 3.77. The summed E-state index contributed by atoms with van der Waals surface area (Å²) in [6.07, 6.45) is 4.57. The van der Waals surface area contributed by atoms with Gasteiger partial charge in [-0.25, -0.2) is 4.79 Å². The topological polar surface area (TPSA) is 122 Å². The first-order chi connectivity index (χ1) is 11.0. The van der Waals surface area contributed by atoms with Crippen molar-refractivity contribution in [3.05, 3.63) is 17.5 Å². The number of nitrogens with one attached hydrogen (secondary N) is 3. The maximum Gasteiger partial charge on any atom is 0.314 e. The van der Waals surface area contributed by atoms with Crippen molar-refractivity contribution in [2.45, 2.75) is 32.6 Å². The first-order valence-corrected chi connectivity index (χ1v) is 7.92. The Morgan fingerprint density at radius 3 is 2.74 bits per heavy atom. The third-order valence-electron chi connectivity index (χ3n) is 4.40. The Bertz CT molecular complexity index is 537. The summed E-state index contributed by atoms with van der Waals surface area (Å²) >= 11 is 0. The molecule has 3 amide bonds. The number of carbonyl (C=O) groups excluding carboxylic acids is 2. The summed E-state index contributed by atoms with van der Waals surface area (Å²) in [5.41, 5.74) is 7.02. The van der Waals surface area contributed by atoms with Crippen molar-refractivity contribution in [1.29, 1.82) is 0 Å². The van der Waals surface area contributed by atoms with Crippen molar-refractivity contribution in [1.82, 2.24) is 20.8 Å². The second-order valence-corrected chi connectivity index (χ2v) is 5.99. The highest BCUT2D eigenvalue weighted by Crippen LogP contribution is 2.29. The van der Waals surface area contributed by atoms with Gasteiger partial charge in [-0.3, -0.25) is 9.89 Å². The fraction of sp³-hybridized carbons (Fsp3) is 0.667. The van der Waals surface area contributed by atoms with E-state index in [1.807, 2.05) is 6.92 Å². The Morgan fingerprint density at radius 2 is 2.13 bits per heavy atom. The highest BCUT2D eigenvalue weighted by molar-refractivity contribution is 5.82. The molecule has 8 heteroatoms. The molecule has 0 atom stereocenters. The average molecular weight is 323 g/mol. The van der Waals surface area contributed by atoms with Gasteiger partial charge in [-0.15, -0.1) is 0 Å². The number of primary amides is 1. The smallest absolute Gasteiger partial charge is 0.314 e. The zero-order valence-corrected chi connectivity index (χ0v) is 13.5. The van der Waals surface area contributed by atoms with E-state index in [4.69, 9.17) is 10.5 Å². The van der Waals surface area contributed by atoms with E-state index >= 15 is 0 Å². The zero-order chi connectivity index (χ0) is 16.7. The number of aryl methyl sites for hydroxylation is 2. The lowest BCUT2D eigenvalue weighted by molar-refractivity contribution is -0.132. The second-order valence-electron chi connectivity index (χ2n) is 5.99. The Balaban J connectivity index is 1.68. The van der Waals surface area contributed by atoms with Gasteiger partial charge in [0.1, 0.15) is 0 Å². The van der Waals surface area contributed by atoms with Gasteiger partial charge in [-0.2, -0.15) is 5.10 Å². The molecule has 0 unspecified atom stereocenters. The molecule has 0 spiro atoms. The van der Waals surface area contributed by atoms with Crippen LogP contribution in [0.15, 0.2) is 6.20 Å². The fourth-order valence-electron chi connectivity index (χ4n) is 2.69. The summed E-state index contributed by atoms with van der Waals surface area (Å²) in [4.78, 5) is 23.6. The number of aromatic amines is 1. The number of rotatable bonds is 7. The Labute approximate surface area is 135 Å². The predicted molar refractivity (Wildman–Crippen MR) is 84.7 cm³/mol. The van der Waals surface area contributed by atoms with Gasteiger partial charge >= 0.3 is 6.03 Å². The standard InChI is InChI=1S/C15H25N5O3/c1-11-12(9-19-20-11)3-2-6-17-14(22)18-10-15(13(16)21)4-7-23-8-5-15/h9H,2-8,10H2,1H3,(H2,16,21)(H,19,20)(H2,17,18,22). The summed E-state index contributed by atoms with van der Waals surface area (Å²) in [5, 5.41) is 12.4. The van der Waals surface area contributed by atoms with Crippen LogP contribution >= 0.6 is 0 Å². The van der Waals surface area contributed by atoms with Crippen LogP contribution in [-0.2, 0) is 16.0 Å². The third-order valence-corrected chi connectivity index (χ3v) is 4.40. The normalized spacial score (nSPS) is 16.7. The number of carbonyl (C=O) groups is 2. The van der Waals surface area contributed by atoms with E-state index in [-0.39, 0.29) is 18.5 Å². The van der Waals surface area contributed by atoms with Crippen molar-refractivity contribution in [3.63, 3.8) is 0 Å². The number of hydrogen-bond donors (Lipinski definition) is 4. The van der Waals surface area contributed by atoms with Crippen LogP contribution in [0.3, 0.4) is 0 Å². The van der Waals surface area contributed by atoms with Crippen molar-refractivity contribution >= 4 is 11.9 Å². The monoisotopic (exact) mass is 323 g/mol. The maximum atomic E-state index is 11.9. The Kier molecular flexibility index (Phi) is 5.97. The van der Waals surface area contributed by atoms with Crippen molar-refractivity contribution in [2.75, 3.05) is 26.3 Å². The minimum atomic E-state index is -0.691. The van der Waals surface area contributed by atoms with Crippen LogP contribution in [0.4, 0.5) is 4.79 Å². The minimum absolute atomic E-state index is 0.248. The van der Waals surface area contributed by atoms with Crippen LogP contribution in [-0.4, -0.2) is 48.4 Å². The van der Waals surface area contributed by atoms with Crippen LogP contribution < -0.4 is 16.4 Å². The number of nitrogens with zero attached hydrogens (tertiary/aromatic N) is 1. The molecule has 2 rings (SSSR count). The quantitative estimate of drug-likeness (QED) is 0.537. The van der Waals surface area contributed by atoms with Crippen LogP contribution in [0, 0.1) is 12.3 Å². The van der Waals surface area contributed by atoms with Gasteiger partial charge < -0.3 is 21.1 Å². The molecule has 1 aliphatic rings. The third kappa shape index (κ3) is 4.69. The Hall–Kier alpha value is -2.09. The molecule has 23 heavy (non-hydrogen) atoms. The molecule has 1 fully saturated rings. The molecular weight excluding hydrogens is 298 g/mol. The van der Waals surface area contributed by atoms with Crippen LogP contribution in [0.1, 0.15) is 30.5 Å². The van der Waals surface area contributed by atoms with Gasteiger partial charge in [-0.1, -0.05) is 0 Å². The number of nitrogens with two attached hydrogens (primary N) is 1. The number of ether oxygens (including phenoxy) is 1. The number of urea groups is 1. The van der Waals surface area contributed by atoms with E-state index in [0.717, 1.165) is 24.1 Å². The number of aromatic nitrogens is 2. The van der Waals surface area contributed by atoms with Gasteiger partial charge in [0.2, 0.25) is 5.91 Å². The lowest BCUT2D eigenvalue weighted by Crippen LogP contribution is -2.51. The average Bonchev–Trinajstić information content (AvgIpc) is 2.95. The molecule has 0 aliphatic carbocycles. The van der Waals surface area contributed by atoms with Gasteiger partial charge in [0.05, 0.1) is 11.6 Å². The second kappa shape index (κ2) is 7.96. The SMILES string of the molecule is Cc1[nH]ncc1CCCNC(=O)NCC1(C(N)=O)CCOCC1. The summed E-state index contributed by atoms with van der Waals surface area (Å²) in [7, 11) is 0. The predicted octanol–water partition coefficient (Wildman–Crippen LogP) is 0.232. The zero-order valence-electron chi connectivity index (χ0n) is 13.5. The molecule has 8 nitrogen and oxygen atoms in total. The molecule has 0 bridgehead atoms. The van der Waals surface area contributed by atoms with Crippen LogP contribution in [0.5, 0.6) is 0 Å². The molecule has 0 saturated carbocycles. The lowest BCUT2D eigenvalue weighted by atomic mass is 9.79. The summed E-state index contributed by atoms with van der Waals surface area (Å²) < 4.78 is 5.26. The van der Waals surface area contributed by atoms with Gasteiger partial charge in [-0.05, 0) is 38.2 Å². The maximum absolute atomic E-state index is 11.9. The molecule has 5 N–H and O–H groups in total. The molecule has 1 saturated heterocycles. The minimum Gasteiger partial charge on any atom is -0.381 e. The van der Waals surface area contributed by atoms with E-state index < -0.39 is 5.41 Å². The molecule has 2 heterocycles. The van der Waals surface area contributed by atoms with E-state index in [9.17, 15) is 9.59 Å². The fourth-order valence-corrected chi connectivity index (χ4v) is 2.69. The van der Waals surface area contributed by atoms with E-state index in [0.29, 0.717) is 32.6 Å². The molecule has 128 valence electrons. The van der Waals surface area contributed by atoms with Gasteiger partial charge in [0.25, 0.3) is 0 Å². The molecule has 1 aromatic heterocycles. The number of H-pyrrole nitrogens is 1. The lowest BCUT2D eigenvalue weighted by Gasteiger charge is -2.34. The van der Waals surface area contributed by atoms with E-state index in [2.05, 4.69) is 20.8 Å². The van der Waals surface area contributed by atoms with Crippen molar-refractivity contribution < 1.29 is 14.3 Å². The molecule has 0 aromatic carbocycles. The van der Waals surface area contributed by atoms with Crippen molar-refractivity contribution in [2.24, 2.45) is 11.1 Å².